The fourth-order valence-electron chi connectivity index (χ4n) is 3.45. The van der Waals surface area contributed by atoms with Gasteiger partial charge in [-0.15, -0.1) is 0 Å². The quantitative estimate of drug-likeness (QED) is 0.574. The molecule has 2 aromatic rings. The van der Waals surface area contributed by atoms with Gasteiger partial charge in [-0.25, -0.2) is 0 Å². The van der Waals surface area contributed by atoms with E-state index in [0.29, 0.717) is 49.5 Å². The van der Waals surface area contributed by atoms with Crippen molar-refractivity contribution in [3.63, 3.8) is 0 Å². The Labute approximate surface area is 176 Å². The van der Waals surface area contributed by atoms with E-state index < -0.39 is 5.97 Å². The lowest BCUT2D eigenvalue weighted by molar-refractivity contribution is -0.131. The molecule has 0 aliphatic carbocycles. The Morgan fingerprint density at radius 2 is 1.43 bits per heavy atom. The van der Waals surface area contributed by atoms with E-state index >= 15 is 0 Å². The Morgan fingerprint density at radius 3 is 2.00 bits per heavy atom. The Kier molecular flexibility index (Phi) is 6.72. The van der Waals surface area contributed by atoms with Gasteiger partial charge in [0.25, 0.3) is 11.8 Å². The third-order valence-electron chi connectivity index (χ3n) is 5.04. The van der Waals surface area contributed by atoms with E-state index in [2.05, 4.69) is 0 Å². The summed E-state index contributed by atoms with van der Waals surface area (Å²) in [6, 6.07) is 14.1. The van der Waals surface area contributed by atoms with Gasteiger partial charge in [0, 0.05) is 64.0 Å². The normalized spacial score (nSPS) is 14.1. The van der Waals surface area contributed by atoms with E-state index in [1.54, 1.807) is 34.1 Å². The fraction of sp³-hybridized carbons (Fsp3) is 0.348. The summed E-state index contributed by atoms with van der Waals surface area (Å²) in [6.45, 7) is 3.43. The second-order valence-corrected chi connectivity index (χ2v) is 7.50. The predicted molar refractivity (Wildman–Crippen MR) is 115 cm³/mol. The van der Waals surface area contributed by atoms with Crippen LogP contribution in [-0.4, -0.2) is 67.9 Å². The van der Waals surface area contributed by atoms with Crippen LogP contribution < -0.4 is 9.64 Å². The van der Waals surface area contributed by atoms with Crippen LogP contribution in [0.2, 0.25) is 0 Å². The zero-order chi connectivity index (χ0) is 21.7. The van der Waals surface area contributed by atoms with Gasteiger partial charge < -0.3 is 19.4 Å². The first-order chi connectivity index (χ1) is 14.3. The van der Waals surface area contributed by atoms with Crippen LogP contribution in [0.5, 0.6) is 5.75 Å². The zero-order valence-electron chi connectivity index (χ0n) is 17.6. The summed E-state index contributed by atoms with van der Waals surface area (Å²) in [7, 11) is 3.91. The van der Waals surface area contributed by atoms with Gasteiger partial charge in [-0.1, -0.05) is 6.07 Å². The van der Waals surface area contributed by atoms with E-state index in [4.69, 9.17) is 4.74 Å². The summed E-state index contributed by atoms with van der Waals surface area (Å²) in [5.74, 6) is -0.233. The number of rotatable bonds is 4. The van der Waals surface area contributed by atoms with Gasteiger partial charge in [0.15, 0.2) is 0 Å². The molecule has 1 aliphatic heterocycles. The Bertz CT molecular complexity index is 924. The maximum Gasteiger partial charge on any atom is 0.308 e. The van der Waals surface area contributed by atoms with Crippen molar-refractivity contribution in [2.75, 3.05) is 45.2 Å². The molecule has 158 valence electrons. The first-order valence-electron chi connectivity index (χ1n) is 9.99. The maximum absolute atomic E-state index is 12.9. The SMILES string of the molecule is CC(=O)Oc1cccc(C(=O)N2CCCN(C(=O)c3ccc(N(C)C)cc3)CC2)c1. The van der Waals surface area contributed by atoms with Gasteiger partial charge in [0.05, 0.1) is 0 Å². The molecule has 0 bridgehead atoms. The average Bonchev–Trinajstić information content (AvgIpc) is 2.99. The van der Waals surface area contributed by atoms with Gasteiger partial charge >= 0.3 is 5.97 Å². The van der Waals surface area contributed by atoms with E-state index in [1.165, 1.54) is 6.92 Å². The predicted octanol–water partition coefficient (Wildman–Crippen LogP) is 2.67. The van der Waals surface area contributed by atoms with Crippen molar-refractivity contribution >= 4 is 23.5 Å². The van der Waals surface area contributed by atoms with Crippen molar-refractivity contribution in [3.8, 4) is 5.75 Å². The number of esters is 1. The van der Waals surface area contributed by atoms with Gasteiger partial charge in [-0.05, 0) is 48.9 Å². The van der Waals surface area contributed by atoms with Crippen LogP contribution in [0.25, 0.3) is 0 Å². The molecule has 1 heterocycles. The topological polar surface area (TPSA) is 70.2 Å². The van der Waals surface area contributed by atoms with Crippen LogP contribution in [0.15, 0.2) is 48.5 Å². The van der Waals surface area contributed by atoms with Crippen LogP contribution in [0.4, 0.5) is 5.69 Å². The molecule has 7 nitrogen and oxygen atoms in total. The van der Waals surface area contributed by atoms with Gasteiger partial charge in [-0.3, -0.25) is 14.4 Å². The number of ether oxygens (including phenoxy) is 1. The van der Waals surface area contributed by atoms with Crippen molar-refractivity contribution in [3.05, 3.63) is 59.7 Å². The molecular formula is C23H27N3O4. The Hall–Kier alpha value is -3.35. The fourth-order valence-corrected chi connectivity index (χ4v) is 3.45. The Balaban J connectivity index is 1.65. The highest BCUT2D eigenvalue weighted by Gasteiger charge is 2.24. The van der Waals surface area contributed by atoms with Crippen molar-refractivity contribution in [1.82, 2.24) is 9.80 Å². The zero-order valence-corrected chi connectivity index (χ0v) is 17.6. The molecule has 2 aromatic carbocycles. The molecule has 0 saturated carbocycles. The standard InChI is InChI=1S/C23H27N3O4/c1-17(27)30-21-7-4-6-19(16-21)23(29)26-13-5-12-25(14-15-26)22(28)18-8-10-20(11-9-18)24(2)3/h4,6-11,16H,5,12-15H2,1-3H3. The first-order valence-corrected chi connectivity index (χ1v) is 9.99. The number of carbonyl (C=O) groups is 3. The number of hydrogen-bond acceptors (Lipinski definition) is 5. The lowest BCUT2D eigenvalue weighted by atomic mass is 10.1. The Morgan fingerprint density at radius 1 is 0.833 bits per heavy atom. The second kappa shape index (κ2) is 9.43. The first kappa shape index (κ1) is 21.4. The molecule has 0 aromatic heterocycles. The van der Waals surface area contributed by atoms with Crippen molar-refractivity contribution < 1.29 is 19.1 Å². The number of hydrogen-bond donors (Lipinski definition) is 0. The number of nitrogens with zero attached hydrogens (tertiary/aromatic N) is 3. The number of anilines is 1. The number of amides is 2. The van der Waals surface area contributed by atoms with E-state index in [1.807, 2.05) is 43.3 Å². The van der Waals surface area contributed by atoms with Crippen LogP contribution in [0.3, 0.4) is 0 Å². The maximum atomic E-state index is 12.9. The van der Waals surface area contributed by atoms with Crippen LogP contribution >= 0.6 is 0 Å². The molecule has 0 unspecified atom stereocenters. The number of benzene rings is 2. The molecule has 0 atom stereocenters. The van der Waals surface area contributed by atoms with Gasteiger partial charge in [0.1, 0.15) is 5.75 Å². The monoisotopic (exact) mass is 409 g/mol. The molecule has 1 saturated heterocycles. The third kappa shape index (κ3) is 5.17. The van der Waals surface area contributed by atoms with E-state index in [9.17, 15) is 14.4 Å². The molecule has 3 rings (SSSR count). The molecule has 1 aliphatic rings. The van der Waals surface area contributed by atoms with Crippen LogP contribution in [-0.2, 0) is 4.79 Å². The van der Waals surface area contributed by atoms with Gasteiger partial charge in [0.2, 0.25) is 0 Å². The molecule has 1 fully saturated rings. The van der Waals surface area contributed by atoms with E-state index in [0.717, 1.165) is 5.69 Å². The van der Waals surface area contributed by atoms with Crippen LogP contribution in [0.1, 0.15) is 34.1 Å². The molecular weight excluding hydrogens is 382 g/mol. The molecule has 7 heteroatoms. The van der Waals surface area contributed by atoms with Crippen molar-refractivity contribution in [1.29, 1.82) is 0 Å². The highest BCUT2D eigenvalue weighted by atomic mass is 16.5. The highest BCUT2D eigenvalue weighted by molar-refractivity contribution is 5.96. The summed E-state index contributed by atoms with van der Waals surface area (Å²) in [4.78, 5) is 42.5. The molecule has 0 radical (unpaired) electrons. The highest BCUT2D eigenvalue weighted by Crippen LogP contribution is 2.18. The average molecular weight is 409 g/mol. The lowest BCUT2D eigenvalue weighted by Gasteiger charge is -2.23. The second-order valence-electron chi connectivity index (χ2n) is 7.50. The minimum atomic E-state index is -0.429. The summed E-state index contributed by atoms with van der Waals surface area (Å²) in [5.41, 5.74) is 2.15. The largest absolute Gasteiger partial charge is 0.427 e. The number of carbonyl (C=O) groups excluding carboxylic acids is 3. The van der Waals surface area contributed by atoms with Crippen LogP contribution in [0, 0.1) is 0 Å². The smallest absolute Gasteiger partial charge is 0.308 e. The van der Waals surface area contributed by atoms with Crippen molar-refractivity contribution in [2.24, 2.45) is 0 Å². The molecule has 0 spiro atoms. The molecule has 30 heavy (non-hydrogen) atoms. The summed E-state index contributed by atoms with van der Waals surface area (Å²) in [6.07, 6.45) is 0.705. The lowest BCUT2D eigenvalue weighted by Crippen LogP contribution is -2.37. The summed E-state index contributed by atoms with van der Waals surface area (Å²) < 4.78 is 5.07. The molecule has 0 N–H and O–H groups in total. The van der Waals surface area contributed by atoms with E-state index in [-0.39, 0.29) is 11.8 Å². The third-order valence-corrected chi connectivity index (χ3v) is 5.04. The summed E-state index contributed by atoms with van der Waals surface area (Å²) >= 11 is 0. The van der Waals surface area contributed by atoms with Crippen molar-refractivity contribution in [2.45, 2.75) is 13.3 Å². The minimum absolute atomic E-state index is 0.0218. The summed E-state index contributed by atoms with van der Waals surface area (Å²) in [5, 5.41) is 0. The molecule has 2 amide bonds. The van der Waals surface area contributed by atoms with Gasteiger partial charge in [-0.2, -0.15) is 0 Å². The minimum Gasteiger partial charge on any atom is -0.427 e.